The second-order valence-corrected chi connectivity index (χ2v) is 9.82. The lowest BCUT2D eigenvalue weighted by Crippen LogP contribution is -2.14. The van der Waals surface area contributed by atoms with E-state index in [1.54, 1.807) is 6.07 Å². The Morgan fingerprint density at radius 3 is 2.00 bits per heavy atom. The number of para-hydroxylation sites is 2. The van der Waals surface area contributed by atoms with Crippen molar-refractivity contribution in [3.8, 4) is 39.4 Å². The Morgan fingerprint density at radius 2 is 1.25 bits per heavy atom. The third-order valence-electron chi connectivity index (χ3n) is 7.05. The van der Waals surface area contributed by atoms with Gasteiger partial charge in [-0.05, 0) is 84.6 Å². The highest BCUT2D eigenvalue weighted by atomic mass is 16.3. The number of rotatable bonds is 6. The topological polar surface area (TPSA) is 49.2 Å². The Hall–Kier alpha value is -5.22. The predicted molar refractivity (Wildman–Crippen MR) is 164 cm³/mol. The second kappa shape index (κ2) is 10.9. The monoisotopic (exact) mass is 519 g/mol. The third kappa shape index (κ3) is 4.95. The summed E-state index contributed by atoms with van der Waals surface area (Å²) in [5.41, 5.74) is 9.77. The molecule has 6 rings (SSSR count). The van der Waals surface area contributed by atoms with Crippen LogP contribution in [0.5, 0.6) is 5.75 Å². The van der Waals surface area contributed by atoms with Crippen LogP contribution in [0.3, 0.4) is 0 Å². The summed E-state index contributed by atoms with van der Waals surface area (Å²) >= 11 is 0. The first kappa shape index (κ1) is 25.1. The minimum Gasteiger partial charge on any atom is -0.507 e. The molecule has 6 aromatic rings. The molecule has 0 unspecified atom stereocenters. The van der Waals surface area contributed by atoms with E-state index < -0.39 is 0 Å². The van der Waals surface area contributed by atoms with Gasteiger partial charge in [0.25, 0.3) is 0 Å². The molecule has 4 nitrogen and oxygen atoms in total. The smallest absolute Gasteiger partial charge is 0.137 e. The molecule has 2 aromatic heterocycles. The van der Waals surface area contributed by atoms with E-state index in [0.29, 0.717) is 5.56 Å². The Bertz CT molecular complexity index is 1760. The van der Waals surface area contributed by atoms with Gasteiger partial charge in [0.15, 0.2) is 0 Å². The van der Waals surface area contributed by atoms with Crippen LogP contribution in [0, 0.1) is 13.8 Å². The summed E-state index contributed by atoms with van der Waals surface area (Å²) in [6.45, 7) is 4.26. The number of hydrogen-bond acceptors (Lipinski definition) is 4. The number of anilines is 3. The first-order valence-corrected chi connectivity index (χ1v) is 13.3. The number of aromatic nitrogens is 2. The number of phenolic OH excluding ortho intramolecular Hbond substituents is 1. The fourth-order valence-corrected chi connectivity index (χ4v) is 5.13. The highest BCUT2D eigenvalue weighted by Crippen LogP contribution is 2.40. The van der Waals surface area contributed by atoms with Gasteiger partial charge in [-0.25, -0.2) is 9.97 Å². The molecular weight excluding hydrogens is 490 g/mol. The van der Waals surface area contributed by atoms with Gasteiger partial charge in [-0.15, -0.1) is 0 Å². The number of pyridine rings is 2. The van der Waals surface area contributed by atoms with E-state index in [0.717, 1.165) is 45.3 Å². The standard InChI is InChI=1S/C36H29N3O/c1-25-12-10-13-26(2)36(25)39(35-20-8-9-21-37-35)30-17-11-16-28(22-30)32-23-29(27-14-4-3-5-15-27)24-33(38-32)31-18-6-7-19-34(31)40/h3-24,40H,1-2H3. The summed E-state index contributed by atoms with van der Waals surface area (Å²) in [4.78, 5) is 12.0. The van der Waals surface area contributed by atoms with Gasteiger partial charge in [0.1, 0.15) is 11.6 Å². The normalized spacial score (nSPS) is 10.8. The summed E-state index contributed by atoms with van der Waals surface area (Å²) in [5.74, 6) is 1.05. The summed E-state index contributed by atoms with van der Waals surface area (Å²) in [6, 6.07) is 42.5. The average molecular weight is 520 g/mol. The molecule has 194 valence electrons. The predicted octanol–water partition coefficient (Wildman–Crippen LogP) is 9.27. The van der Waals surface area contributed by atoms with Crippen molar-refractivity contribution in [3.05, 3.63) is 145 Å². The quantitative estimate of drug-likeness (QED) is 0.238. The molecule has 1 N–H and O–H groups in total. The SMILES string of the molecule is Cc1cccc(C)c1N(c1cccc(-c2cc(-c3ccccc3)cc(-c3ccccc3O)n2)c1)c1ccccn1. The fraction of sp³-hybridized carbons (Fsp3) is 0.0556. The largest absolute Gasteiger partial charge is 0.507 e. The van der Waals surface area contributed by atoms with Crippen LogP contribution in [0.25, 0.3) is 33.6 Å². The van der Waals surface area contributed by atoms with Gasteiger partial charge in [-0.1, -0.05) is 78.9 Å². The lowest BCUT2D eigenvalue weighted by molar-refractivity contribution is 0.477. The average Bonchev–Trinajstić information content (AvgIpc) is 3.00. The van der Waals surface area contributed by atoms with Crippen molar-refractivity contribution in [1.82, 2.24) is 9.97 Å². The van der Waals surface area contributed by atoms with Crippen molar-refractivity contribution in [2.24, 2.45) is 0 Å². The number of aryl methyl sites for hydroxylation is 2. The van der Waals surface area contributed by atoms with Gasteiger partial charge in [0.2, 0.25) is 0 Å². The Kier molecular flexibility index (Phi) is 6.82. The van der Waals surface area contributed by atoms with Crippen molar-refractivity contribution in [3.63, 3.8) is 0 Å². The van der Waals surface area contributed by atoms with Crippen molar-refractivity contribution >= 4 is 17.2 Å². The van der Waals surface area contributed by atoms with E-state index in [-0.39, 0.29) is 5.75 Å². The van der Waals surface area contributed by atoms with E-state index in [1.807, 2.05) is 66.9 Å². The Labute approximate surface area is 234 Å². The van der Waals surface area contributed by atoms with E-state index in [2.05, 4.69) is 79.4 Å². The van der Waals surface area contributed by atoms with E-state index >= 15 is 0 Å². The molecule has 0 aliphatic rings. The molecule has 0 bridgehead atoms. The number of phenols is 1. The highest BCUT2D eigenvalue weighted by molar-refractivity contribution is 5.83. The molecule has 4 heteroatoms. The maximum atomic E-state index is 10.7. The second-order valence-electron chi connectivity index (χ2n) is 9.82. The Balaban J connectivity index is 1.54. The van der Waals surface area contributed by atoms with Crippen molar-refractivity contribution in [2.45, 2.75) is 13.8 Å². The highest BCUT2D eigenvalue weighted by Gasteiger charge is 2.19. The van der Waals surface area contributed by atoms with Gasteiger partial charge in [0, 0.05) is 23.0 Å². The molecule has 0 fully saturated rings. The summed E-state index contributed by atoms with van der Waals surface area (Å²) < 4.78 is 0. The molecule has 0 radical (unpaired) electrons. The maximum Gasteiger partial charge on any atom is 0.137 e. The number of nitrogens with zero attached hydrogens (tertiary/aromatic N) is 3. The summed E-state index contributed by atoms with van der Waals surface area (Å²) in [7, 11) is 0. The maximum absolute atomic E-state index is 10.7. The molecule has 0 atom stereocenters. The third-order valence-corrected chi connectivity index (χ3v) is 7.05. The van der Waals surface area contributed by atoms with Crippen LogP contribution in [0.2, 0.25) is 0 Å². The molecule has 4 aromatic carbocycles. The van der Waals surface area contributed by atoms with Crippen LogP contribution in [0.15, 0.2) is 134 Å². The van der Waals surface area contributed by atoms with E-state index in [1.165, 1.54) is 11.1 Å². The van der Waals surface area contributed by atoms with Gasteiger partial charge >= 0.3 is 0 Å². The summed E-state index contributed by atoms with van der Waals surface area (Å²) in [5, 5.41) is 10.7. The molecular formula is C36H29N3O. The minimum absolute atomic E-state index is 0.205. The minimum atomic E-state index is 0.205. The lowest BCUT2D eigenvalue weighted by atomic mass is 9.99. The molecule has 0 aliphatic carbocycles. The van der Waals surface area contributed by atoms with Crippen molar-refractivity contribution < 1.29 is 5.11 Å². The molecule has 0 saturated carbocycles. The van der Waals surface area contributed by atoms with E-state index in [9.17, 15) is 5.11 Å². The number of aromatic hydroxyl groups is 1. The van der Waals surface area contributed by atoms with Gasteiger partial charge in [-0.3, -0.25) is 4.90 Å². The molecule has 0 saturated heterocycles. The van der Waals surface area contributed by atoms with Crippen LogP contribution < -0.4 is 4.90 Å². The lowest BCUT2D eigenvalue weighted by Gasteiger charge is -2.28. The first-order valence-electron chi connectivity index (χ1n) is 13.3. The van der Waals surface area contributed by atoms with Gasteiger partial charge in [-0.2, -0.15) is 0 Å². The van der Waals surface area contributed by atoms with Crippen LogP contribution in [-0.2, 0) is 0 Å². The zero-order valence-corrected chi connectivity index (χ0v) is 22.5. The van der Waals surface area contributed by atoms with Crippen molar-refractivity contribution in [2.75, 3.05) is 4.90 Å². The molecule has 0 aliphatic heterocycles. The van der Waals surface area contributed by atoms with Crippen LogP contribution >= 0.6 is 0 Å². The van der Waals surface area contributed by atoms with Gasteiger partial charge < -0.3 is 5.11 Å². The molecule has 40 heavy (non-hydrogen) atoms. The summed E-state index contributed by atoms with van der Waals surface area (Å²) in [6.07, 6.45) is 1.82. The van der Waals surface area contributed by atoms with E-state index in [4.69, 9.17) is 9.97 Å². The zero-order valence-electron chi connectivity index (χ0n) is 22.5. The van der Waals surface area contributed by atoms with Crippen LogP contribution in [0.1, 0.15) is 11.1 Å². The number of hydrogen-bond donors (Lipinski definition) is 1. The van der Waals surface area contributed by atoms with Crippen LogP contribution in [-0.4, -0.2) is 15.1 Å². The fourth-order valence-electron chi connectivity index (χ4n) is 5.13. The first-order chi connectivity index (χ1) is 19.6. The molecule has 0 amide bonds. The molecule has 2 heterocycles. The van der Waals surface area contributed by atoms with Crippen molar-refractivity contribution in [1.29, 1.82) is 0 Å². The Morgan fingerprint density at radius 1 is 0.575 bits per heavy atom. The van der Waals surface area contributed by atoms with Gasteiger partial charge in [0.05, 0.1) is 17.1 Å². The number of benzene rings is 4. The van der Waals surface area contributed by atoms with Crippen LogP contribution in [0.4, 0.5) is 17.2 Å². The zero-order chi connectivity index (χ0) is 27.5. The molecule has 0 spiro atoms.